The van der Waals surface area contributed by atoms with E-state index in [4.69, 9.17) is 4.74 Å². The molecule has 4 rings (SSSR count). The summed E-state index contributed by atoms with van der Waals surface area (Å²) in [7, 11) is 0. The maximum Gasteiger partial charge on any atom is 0.266 e. The molecule has 0 radical (unpaired) electrons. The number of carbonyl (C=O) groups excluding carboxylic acids is 2. The molecule has 2 aliphatic heterocycles. The largest absolute Gasteiger partial charge is 0.478 e. The molecule has 0 bridgehead atoms. The smallest absolute Gasteiger partial charge is 0.266 e. The van der Waals surface area contributed by atoms with Gasteiger partial charge in [0, 0.05) is 11.4 Å². The fourth-order valence-corrected chi connectivity index (χ4v) is 4.32. The molecule has 5 nitrogen and oxygen atoms in total. The molecule has 6 heteroatoms. The van der Waals surface area contributed by atoms with E-state index in [0.29, 0.717) is 18.0 Å². The van der Waals surface area contributed by atoms with Gasteiger partial charge in [-0.1, -0.05) is 12.1 Å². The lowest BCUT2D eigenvalue weighted by atomic mass is 10.0. The second-order valence-corrected chi connectivity index (χ2v) is 7.11. The quantitative estimate of drug-likeness (QED) is 0.913. The van der Waals surface area contributed by atoms with E-state index in [1.54, 1.807) is 23.5 Å². The van der Waals surface area contributed by atoms with Gasteiger partial charge in [-0.25, -0.2) is 0 Å². The van der Waals surface area contributed by atoms with Crippen LogP contribution in [0.25, 0.3) is 0 Å². The molecule has 3 heterocycles. The zero-order valence-corrected chi connectivity index (χ0v) is 14.1. The normalized spacial score (nSPS) is 22.2. The number of nitrogens with zero attached hydrogens (tertiary/aromatic N) is 1. The van der Waals surface area contributed by atoms with Gasteiger partial charge in [-0.05, 0) is 42.5 Å². The summed E-state index contributed by atoms with van der Waals surface area (Å²) in [5.41, 5.74) is 1.87. The number of rotatable bonds is 2. The number of benzene rings is 1. The summed E-state index contributed by atoms with van der Waals surface area (Å²) in [6, 6.07) is 9.40. The Bertz CT molecular complexity index is 801. The first-order valence-electron chi connectivity index (χ1n) is 8.06. The van der Waals surface area contributed by atoms with Crippen LogP contribution in [0.2, 0.25) is 0 Å². The molecule has 0 aliphatic carbocycles. The topological polar surface area (TPSA) is 58.6 Å². The molecule has 2 aromatic rings. The lowest BCUT2D eigenvalue weighted by Crippen LogP contribution is -2.44. The molecule has 1 aromatic heterocycles. The number of anilines is 1. The molecule has 0 saturated carbocycles. The first-order chi connectivity index (χ1) is 11.6. The first-order valence-corrected chi connectivity index (χ1v) is 8.94. The molecule has 0 unspecified atom stereocenters. The van der Waals surface area contributed by atoms with Crippen LogP contribution in [0.5, 0.6) is 5.75 Å². The fraction of sp³-hybridized carbons (Fsp3) is 0.333. The number of nitrogens with one attached hydrogen (secondary N) is 1. The summed E-state index contributed by atoms with van der Waals surface area (Å²) < 4.78 is 5.74. The summed E-state index contributed by atoms with van der Waals surface area (Å²) in [5, 5.41) is 4.88. The van der Waals surface area contributed by atoms with Crippen molar-refractivity contribution >= 4 is 28.8 Å². The molecular formula is C18H18N2O3S. The maximum absolute atomic E-state index is 12.7. The monoisotopic (exact) mass is 342 g/mol. The van der Waals surface area contributed by atoms with Gasteiger partial charge in [0.2, 0.25) is 5.91 Å². The van der Waals surface area contributed by atoms with Crippen molar-refractivity contribution in [2.24, 2.45) is 0 Å². The predicted molar refractivity (Wildman–Crippen MR) is 92.3 cm³/mol. The Morgan fingerprint density at radius 2 is 2.21 bits per heavy atom. The Labute approximate surface area is 144 Å². The van der Waals surface area contributed by atoms with E-state index in [0.717, 1.165) is 6.42 Å². The fourth-order valence-electron chi connectivity index (χ4n) is 3.35. The van der Waals surface area contributed by atoms with Crippen molar-refractivity contribution in [2.45, 2.75) is 31.9 Å². The van der Waals surface area contributed by atoms with Crippen molar-refractivity contribution in [3.05, 3.63) is 46.2 Å². The minimum absolute atomic E-state index is 0.0427. The average Bonchev–Trinajstić information content (AvgIpc) is 3.05. The maximum atomic E-state index is 12.7. The average molecular weight is 342 g/mol. The standard InChI is InChI=1S/C18H18N2O3S/c1-11-12-7-9-24-16(12)6-8-20(11)17(21)10-15-18(22)19-13-4-2-3-5-14(13)23-15/h2-5,7,9,11,15H,6,8,10H2,1H3,(H,19,22)/t11-,15+/m1/s1. The van der Waals surface area contributed by atoms with Crippen molar-refractivity contribution in [3.63, 3.8) is 0 Å². The van der Waals surface area contributed by atoms with Gasteiger partial charge in [0.05, 0.1) is 18.2 Å². The summed E-state index contributed by atoms with van der Waals surface area (Å²) in [4.78, 5) is 28.2. The van der Waals surface area contributed by atoms with Gasteiger partial charge in [-0.3, -0.25) is 9.59 Å². The Balaban J connectivity index is 1.48. The van der Waals surface area contributed by atoms with Crippen LogP contribution in [0.3, 0.4) is 0 Å². The molecule has 0 saturated heterocycles. The second-order valence-electron chi connectivity index (χ2n) is 6.11. The highest BCUT2D eigenvalue weighted by Gasteiger charge is 2.34. The molecular weight excluding hydrogens is 324 g/mol. The summed E-state index contributed by atoms with van der Waals surface area (Å²) in [6.07, 6.45) is 0.164. The van der Waals surface area contributed by atoms with E-state index in [2.05, 4.69) is 16.8 Å². The lowest BCUT2D eigenvalue weighted by molar-refractivity contribution is -0.139. The number of para-hydroxylation sites is 2. The molecule has 1 N–H and O–H groups in total. The molecule has 24 heavy (non-hydrogen) atoms. The number of hydrogen-bond donors (Lipinski definition) is 1. The van der Waals surface area contributed by atoms with Crippen LogP contribution in [0.15, 0.2) is 35.7 Å². The Morgan fingerprint density at radius 1 is 1.38 bits per heavy atom. The molecule has 124 valence electrons. The van der Waals surface area contributed by atoms with Gasteiger partial charge >= 0.3 is 0 Å². The first kappa shape index (κ1) is 15.2. The Kier molecular flexibility index (Phi) is 3.76. The van der Waals surface area contributed by atoms with Gasteiger partial charge in [-0.2, -0.15) is 0 Å². The van der Waals surface area contributed by atoms with Crippen LogP contribution in [0, 0.1) is 0 Å². The van der Waals surface area contributed by atoms with Gasteiger partial charge in [-0.15, -0.1) is 11.3 Å². The van der Waals surface area contributed by atoms with Crippen molar-refractivity contribution in [1.82, 2.24) is 4.90 Å². The third-order valence-corrected chi connectivity index (χ3v) is 5.66. The van der Waals surface area contributed by atoms with E-state index in [-0.39, 0.29) is 24.3 Å². The van der Waals surface area contributed by atoms with Crippen LogP contribution in [-0.4, -0.2) is 29.4 Å². The van der Waals surface area contributed by atoms with Crippen LogP contribution in [0.4, 0.5) is 5.69 Å². The molecule has 2 aliphatic rings. The van der Waals surface area contributed by atoms with E-state index < -0.39 is 6.10 Å². The van der Waals surface area contributed by atoms with Gasteiger partial charge in [0.15, 0.2) is 6.10 Å². The van der Waals surface area contributed by atoms with Crippen molar-refractivity contribution < 1.29 is 14.3 Å². The highest BCUT2D eigenvalue weighted by Crippen LogP contribution is 2.34. The highest BCUT2D eigenvalue weighted by molar-refractivity contribution is 7.10. The SMILES string of the molecule is C[C@@H]1c2ccsc2CCN1C(=O)C[C@@H]1Oc2ccccc2NC1=O. The highest BCUT2D eigenvalue weighted by atomic mass is 32.1. The van der Waals surface area contributed by atoms with Crippen LogP contribution in [0.1, 0.15) is 29.8 Å². The van der Waals surface area contributed by atoms with E-state index in [1.165, 1.54) is 10.4 Å². The number of hydrogen-bond acceptors (Lipinski definition) is 4. The third kappa shape index (κ3) is 2.57. The minimum Gasteiger partial charge on any atom is -0.478 e. The van der Waals surface area contributed by atoms with Crippen molar-refractivity contribution in [1.29, 1.82) is 0 Å². The number of fused-ring (bicyclic) bond motifs is 2. The Hall–Kier alpha value is -2.34. The summed E-state index contributed by atoms with van der Waals surface area (Å²) in [5.74, 6) is 0.309. The van der Waals surface area contributed by atoms with Gasteiger partial charge < -0.3 is 15.0 Å². The van der Waals surface area contributed by atoms with E-state index in [1.807, 2.05) is 24.0 Å². The third-order valence-electron chi connectivity index (χ3n) is 4.66. The van der Waals surface area contributed by atoms with Crippen molar-refractivity contribution in [3.8, 4) is 5.75 Å². The number of carbonyl (C=O) groups is 2. The summed E-state index contributed by atoms with van der Waals surface area (Å²) >= 11 is 1.74. The Morgan fingerprint density at radius 3 is 3.08 bits per heavy atom. The lowest BCUT2D eigenvalue weighted by Gasteiger charge is -2.35. The summed E-state index contributed by atoms with van der Waals surface area (Å²) in [6.45, 7) is 2.73. The molecule has 0 spiro atoms. The number of thiophene rings is 1. The van der Waals surface area contributed by atoms with E-state index >= 15 is 0 Å². The number of amides is 2. The number of ether oxygens (including phenoxy) is 1. The molecule has 0 fully saturated rings. The van der Waals surface area contributed by atoms with Gasteiger partial charge in [0.25, 0.3) is 5.91 Å². The predicted octanol–water partition coefficient (Wildman–Crippen LogP) is 2.98. The molecule has 1 aromatic carbocycles. The van der Waals surface area contributed by atoms with Crippen LogP contribution in [-0.2, 0) is 16.0 Å². The zero-order valence-electron chi connectivity index (χ0n) is 13.3. The molecule has 2 atom stereocenters. The van der Waals surface area contributed by atoms with Crippen molar-refractivity contribution in [2.75, 3.05) is 11.9 Å². The van der Waals surface area contributed by atoms with E-state index in [9.17, 15) is 9.59 Å². The second kappa shape index (κ2) is 5.94. The molecule has 2 amide bonds. The van der Waals surface area contributed by atoms with Crippen LogP contribution >= 0.6 is 11.3 Å². The van der Waals surface area contributed by atoms with Crippen LogP contribution < -0.4 is 10.1 Å². The minimum atomic E-state index is -0.775. The van der Waals surface area contributed by atoms with Gasteiger partial charge in [0.1, 0.15) is 5.75 Å². The zero-order chi connectivity index (χ0) is 16.7.